The third kappa shape index (κ3) is 3.55. The van der Waals surface area contributed by atoms with E-state index in [1.54, 1.807) is 0 Å². The predicted octanol–water partition coefficient (Wildman–Crippen LogP) is 5.09. The molecule has 2 nitrogen and oxygen atoms in total. The van der Waals surface area contributed by atoms with Crippen molar-refractivity contribution < 1.29 is 8.78 Å². The Hall–Kier alpha value is -1.01. The van der Waals surface area contributed by atoms with Crippen molar-refractivity contribution >= 4 is 33.0 Å². The van der Waals surface area contributed by atoms with Gasteiger partial charge in [-0.1, -0.05) is 20.8 Å². The van der Waals surface area contributed by atoms with Gasteiger partial charge in [-0.2, -0.15) is 0 Å². The highest BCUT2D eigenvalue weighted by molar-refractivity contribution is 9.10. The Bertz CT molecular complexity index is 597. The molecule has 0 aliphatic heterocycles. The minimum atomic E-state index is -0.621. The number of halogens is 3. The van der Waals surface area contributed by atoms with Crippen molar-refractivity contribution in [2.24, 2.45) is 0 Å². The summed E-state index contributed by atoms with van der Waals surface area (Å²) in [5.41, 5.74) is 1.26. The maximum atomic E-state index is 13.7. The van der Waals surface area contributed by atoms with E-state index in [2.05, 4.69) is 47.0 Å². The van der Waals surface area contributed by atoms with Gasteiger partial charge in [0.15, 0.2) is 0 Å². The number of hydrogen-bond donors (Lipinski definition) is 1. The topological polar surface area (TPSA) is 24.9 Å². The lowest BCUT2D eigenvalue weighted by atomic mass is 9.93. The van der Waals surface area contributed by atoms with Gasteiger partial charge in [0.2, 0.25) is 0 Å². The molecule has 0 fully saturated rings. The normalized spacial score (nSPS) is 11.7. The molecule has 0 aliphatic rings. The number of hydrogen-bond acceptors (Lipinski definition) is 3. The van der Waals surface area contributed by atoms with Crippen LogP contribution in [0.5, 0.6) is 0 Å². The Kier molecular flexibility index (Phi) is 4.44. The largest absolute Gasteiger partial charge is 0.375 e. The molecule has 1 aromatic heterocycles. The minimum absolute atomic E-state index is 0.00351. The Morgan fingerprint density at radius 1 is 1.30 bits per heavy atom. The molecule has 1 aromatic carbocycles. The molecule has 2 rings (SSSR count). The number of rotatable bonds is 3. The first kappa shape index (κ1) is 15.4. The van der Waals surface area contributed by atoms with Gasteiger partial charge in [0.05, 0.1) is 17.9 Å². The maximum Gasteiger partial charge on any atom is 0.150 e. The van der Waals surface area contributed by atoms with E-state index < -0.39 is 11.6 Å². The van der Waals surface area contributed by atoms with Gasteiger partial charge in [0, 0.05) is 21.3 Å². The van der Waals surface area contributed by atoms with Crippen molar-refractivity contribution in [1.82, 2.24) is 4.98 Å². The highest BCUT2D eigenvalue weighted by Crippen LogP contribution is 2.28. The number of nitrogens with one attached hydrogen (secondary N) is 1. The van der Waals surface area contributed by atoms with Crippen LogP contribution in [0.4, 0.5) is 14.5 Å². The fourth-order valence-corrected chi connectivity index (χ4v) is 3.12. The quantitative estimate of drug-likeness (QED) is 0.823. The van der Waals surface area contributed by atoms with E-state index in [1.807, 2.05) is 5.38 Å². The first-order chi connectivity index (χ1) is 9.27. The van der Waals surface area contributed by atoms with E-state index in [0.29, 0.717) is 11.0 Å². The maximum absolute atomic E-state index is 13.7. The van der Waals surface area contributed by atoms with Crippen LogP contribution < -0.4 is 5.32 Å². The third-order valence-corrected chi connectivity index (χ3v) is 4.22. The minimum Gasteiger partial charge on any atom is -0.375 e. The van der Waals surface area contributed by atoms with E-state index in [-0.39, 0.29) is 11.1 Å². The molecule has 0 saturated heterocycles. The van der Waals surface area contributed by atoms with Crippen molar-refractivity contribution in [3.8, 4) is 0 Å². The zero-order valence-corrected chi connectivity index (χ0v) is 13.8. The summed E-state index contributed by atoms with van der Waals surface area (Å²) in [5.74, 6) is -1.23. The van der Waals surface area contributed by atoms with Crippen LogP contribution in [-0.4, -0.2) is 4.98 Å². The lowest BCUT2D eigenvalue weighted by molar-refractivity contribution is 0.571. The number of thiazole rings is 1. The molecular formula is C14H15BrF2N2S. The molecule has 20 heavy (non-hydrogen) atoms. The zero-order valence-electron chi connectivity index (χ0n) is 11.4. The fraction of sp³-hybridized carbons (Fsp3) is 0.357. The lowest BCUT2D eigenvalue weighted by Gasteiger charge is -2.14. The van der Waals surface area contributed by atoms with Crippen LogP contribution in [0.2, 0.25) is 0 Å². The smallest absolute Gasteiger partial charge is 0.150 e. The Labute approximate surface area is 129 Å². The predicted molar refractivity (Wildman–Crippen MR) is 82.2 cm³/mol. The molecule has 1 N–H and O–H groups in total. The van der Waals surface area contributed by atoms with Crippen LogP contribution in [0.3, 0.4) is 0 Å². The summed E-state index contributed by atoms with van der Waals surface area (Å²) < 4.78 is 27.0. The number of anilines is 1. The van der Waals surface area contributed by atoms with Crippen molar-refractivity contribution in [1.29, 1.82) is 0 Å². The first-order valence-electron chi connectivity index (χ1n) is 6.10. The van der Waals surface area contributed by atoms with E-state index in [1.165, 1.54) is 17.4 Å². The average Bonchev–Trinajstić information content (AvgIpc) is 2.75. The molecule has 0 saturated carbocycles. The highest BCUT2D eigenvalue weighted by Gasteiger charge is 2.17. The highest BCUT2D eigenvalue weighted by atomic mass is 79.9. The van der Waals surface area contributed by atoms with Crippen LogP contribution in [0.1, 0.15) is 31.5 Å². The molecule has 0 spiro atoms. The van der Waals surface area contributed by atoms with Gasteiger partial charge in [0.25, 0.3) is 0 Å². The molecule has 0 amide bonds. The molecule has 6 heteroatoms. The first-order valence-corrected chi connectivity index (χ1v) is 7.78. The standard InChI is InChI=1S/C14H15BrF2N2S/c1-14(2,3)11-7-20-12(19-11)6-18-13-9(15)4-8(16)5-10(13)17/h4-5,7,18H,6H2,1-3H3. The molecule has 0 radical (unpaired) electrons. The van der Waals surface area contributed by atoms with Crippen LogP contribution in [0.15, 0.2) is 22.0 Å². The SMILES string of the molecule is CC(C)(C)c1csc(CNc2c(F)cc(F)cc2Br)n1. The molecule has 0 atom stereocenters. The Balaban J connectivity index is 2.12. The number of benzene rings is 1. The molecule has 1 heterocycles. The second kappa shape index (κ2) is 5.77. The fourth-order valence-electron chi connectivity index (χ4n) is 1.61. The van der Waals surface area contributed by atoms with Gasteiger partial charge in [-0.05, 0) is 22.0 Å². The van der Waals surface area contributed by atoms with E-state index >= 15 is 0 Å². The number of nitrogens with zero attached hydrogens (tertiary/aromatic N) is 1. The van der Waals surface area contributed by atoms with Crippen LogP contribution in [0, 0.1) is 11.6 Å². The molecule has 0 unspecified atom stereocenters. The van der Waals surface area contributed by atoms with Crippen molar-refractivity contribution in [3.63, 3.8) is 0 Å². The second-order valence-corrected chi connectivity index (χ2v) is 7.27. The summed E-state index contributed by atoms with van der Waals surface area (Å²) in [7, 11) is 0. The van der Waals surface area contributed by atoms with Crippen LogP contribution in [-0.2, 0) is 12.0 Å². The van der Waals surface area contributed by atoms with E-state index in [9.17, 15) is 8.78 Å². The van der Waals surface area contributed by atoms with Crippen molar-refractivity contribution in [2.75, 3.05) is 5.32 Å². The molecule has 2 aromatic rings. The lowest BCUT2D eigenvalue weighted by Crippen LogP contribution is -2.12. The summed E-state index contributed by atoms with van der Waals surface area (Å²) in [6.45, 7) is 6.68. The van der Waals surface area contributed by atoms with Gasteiger partial charge >= 0.3 is 0 Å². The molecule has 0 bridgehead atoms. The molecular weight excluding hydrogens is 346 g/mol. The molecule has 0 aliphatic carbocycles. The Morgan fingerprint density at radius 2 is 2.00 bits per heavy atom. The van der Waals surface area contributed by atoms with Gasteiger partial charge in [-0.3, -0.25) is 0 Å². The summed E-state index contributed by atoms with van der Waals surface area (Å²) in [6, 6.07) is 2.09. The monoisotopic (exact) mass is 360 g/mol. The third-order valence-electron chi connectivity index (χ3n) is 2.74. The van der Waals surface area contributed by atoms with Crippen molar-refractivity contribution in [2.45, 2.75) is 32.7 Å². The summed E-state index contributed by atoms with van der Waals surface area (Å²) in [5, 5.41) is 5.82. The zero-order chi connectivity index (χ0) is 14.9. The Morgan fingerprint density at radius 3 is 2.55 bits per heavy atom. The van der Waals surface area contributed by atoms with Gasteiger partial charge < -0.3 is 5.32 Å². The van der Waals surface area contributed by atoms with E-state index in [0.717, 1.165) is 16.8 Å². The molecule has 108 valence electrons. The van der Waals surface area contributed by atoms with Gasteiger partial charge in [-0.15, -0.1) is 11.3 Å². The second-order valence-electron chi connectivity index (χ2n) is 5.47. The average molecular weight is 361 g/mol. The van der Waals surface area contributed by atoms with E-state index in [4.69, 9.17) is 0 Å². The van der Waals surface area contributed by atoms with Crippen LogP contribution in [0.25, 0.3) is 0 Å². The summed E-state index contributed by atoms with van der Waals surface area (Å²) in [6.07, 6.45) is 0. The van der Waals surface area contributed by atoms with Crippen LogP contribution >= 0.6 is 27.3 Å². The van der Waals surface area contributed by atoms with Crippen molar-refractivity contribution in [3.05, 3.63) is 44.3 Å². The van der Waals surface area contributed by atoms with Gasteiger partial charge in [0.1, 0.15) is 16.6 Å². The number of aromatic nitrogens is 1. The summed E-state index contributed by atoms with van der Waals surface area (Å²) in [4.78, 5) is 4.52. The van der Waals surface area contributed by atoms with Gasteiger partial charge in [-0.25, -0.2) is 13.8 Å². The summed E-state index contributed by atoms with van der Waals surface area (Å²) >= 11 is 4.67.